The molecule has 8 unspecified atom stereocenters. The van der Waals surface area contributed by atoms with E-state index in [1.165, 1.54) is 7.11 Å². The first-order valence-corrected chi connectivity index (χ1v) is 16.7. The maximum Gasteiger partial charge on any atom is 0.228 e. The third-order valence-corrected chi connectivity index (χ3v) is 11.4. The molecule has 0 bridgehead atoms. The largest absolute Gasteiger partial charge is 0.411 e. The molecule has 0 aromatic carbocycles. The van der Waals surface area contributed by atoms with E-state index in [0.717, 1.165) is 23.1 Å². The third-order valence-electron chi connectivity index (χ3n) is 10.4. The van der Waals surface area contributed by atoms with E-state index in [0.29, 0.717) is 19.3 Å². The van der Waals surface area contributed by atoms with Crippen molar-refractivity contribution in [1.29, 1.82) is 0 Å². The summed E-state index contributed by atoms with van der Waals surface area (Å²) in [6.45, 7) is 10.3. The fourth-order valence-corrected chi connectivity index (χ4v) is 9.71. The molecule has 1 amide bonds. The van der Waals surface area contributed by atoms with Crippen LogP contribution >= 0.6 is 0 Å². The first kappa shape index (κ1) is 24.9. The second-order valence-corrected chi connectivity index (χ2v) is 17.3. The lowest BCUT2D eigenvalue weighted by atomic mass is 9.58. The highest BCUT2D eigenvalue weighted by Crippen LogP contribution is 2.65. The highest BCUT2D eigenvalue weighted by Gasteiger charge is 2.73. The zero-order valence-electron chi connectivity index (χ0n) is 22.3. The van der Waals surface area contributed by atoms with Crippen molar-refractivity contribution in [2.45, 2.75) is 89.0 Å². The Hall–Kier alpha value is -1.36. The highest BCUT2D eigenvalue weighted by atomic mass is 28.4. The summed E-state index contributed by atoms with van der Waals surface area (Å²) in [4.78, 5) is 27.2. The number of carbonyl (C=O) groups is 2. The number of carbonyl (C=O) groups excluding carboxylic acids is 2. The van der Waals surface area contributed by atoms with E-state index in [1.807, 2.05) is 19.9 Å². The van der Waals surface area contributed by atoms with Gasteiger partial charge in [0.25, 0.3) is 0 Å². The van der Waals surface area contributed by atoms with Gasteiger partial charge in [0.15, 0.2) is 19.9 Å². The summed E-state index contributed by atoms with van der Waals surface area (Å²) in [6.07, 6.45) is 3.38. The summed E-state index contributed by atoms with van der Waals surface area (Å²) in [6, 6.07) is 0. The molecular weight excluding hydrogens is 478 g/mol. The van der Waals surface area contributed by atoms with Crippen LogP contribution in [0.3, 0.4) is 0 Å². The minimum absolute atomic E-state index is 0.0295. The number of allylic oxidation sites excluding steroid dienone is 3. The Bertz CT molecular complexity index is 1100. The number of hydrogen-bond acceptors (Lipinski definition) is 7. The van der Waals surface area contributed by atoms with Crippen LogP contribution in [-0.2, 0) is 28.2 Å². The van der Waals surface area contributed by atoms with Crippen LogP contribution in [0.1, 0.15) is 39.5 Å². The quantitative estimate of drug-likeness (QED) is 0.437. The summed E-state index contributed by atoms with van der Waals surface area (Å²) < 4.78 is 24.9. The topological polar surface area (TPSA) is 103 Å². The van der Waals surface area contributed by atoms with Crippen LogP contribution in [0.4, 0.5) is 0 Å². The van der Waals surface area contributed by atoms with Crippen molar-refractivity contribution in [3.8, 4) is 0 Å². The lowest BCUT2D eigenvalue weighted by Crippen LogP contribution is -2.70. The van der Waals surface area contributed by atoms with Crippen molar-refractivity contribution < 1.29 is 33.3 Å². The summed E-state index contributed by atoms with van der Waals surface area (Å²) >= 11 is 0. The van der Waals surface area contributed by atoms with Gasteiger partial charge >= 0.3 is 0 Å². The van der Waals surface area contributed by atoms with Crippen molar-refractivity contribution in [3.05, 3.63) is 22.8 Å². The monoisotopic (exact) mass is 517 g/mol. The number of amides is 1. The van der Waals surface area contributed by atoms with Gasteiger partial charge in [0.05, 0.1) is 17.9 Å². The number of aliphatic hydroxyl groups is 1. The molecule has 6 aliphatic rings. The normalized spacial score (nSPS) is 49.3. The summed E-state index contributed by atoms with van der Waals surface area (Å²) in [5.41, 5.74) is 1.37. The van der Waals surface area contributed by atoms with Crippen LogP contribution in [0.2, 0.25) is 19.6 Å². The average Bonchev–Trinajstić information content (AvgIpc) is 3.16. The van der Waals surface area contributed by atoms with Crippen molar-refractivity contribution in [1.82, 2.24) is 5.32 Å². The molecule has 0 aromatic heterocycles. The first-order chi connectivity index (χ1) is 16.8. The van der Waals surface area contributed by atoms with E-state index in [9.17, 15) is 14.7 Å². The van der Waals surface area contributed by atoms with Crippen molar-refractivity contribution in [2.75, 3.05) is 14.2 Å². The molecule has 36 heavy (non-hydrogen) atoms. The van der Waals surface area contributed by atoms with Gasteiger partial charge in [0.2, 0.25) is 5.91 Å². The summed E-state index contributed by atoms with van der Waals surface area (Å²) in [5, 5.41) is 14.5. The molecule has 198 valence electrons. The maximum atomic E-state index is 14.0. The molecule has 2 N–H and O–H groups in total. The van der Waals surface area contributed by atoms with Gasteiger partial charge in [0, 0.05) is 37.5 Å². The fraction of sp³-hybridized carbons (Fsp3) is 0.778. The number of fused-ring (bicyclic) bond motifs is 2. The molecular formula is C27H39NO7Si. The van der Waals surface area contributed by atoms with Crippen molar-refractivity contribution in [3.63, 3.8) is 0 Å². The molecule has 0 radical (unpaired) electrons. The van der Waals surface area contributed by atoms with Crippen molar-refractivity contribution >= 4 is 20.0 Å². The smallest absolute Gasteiger partial charge is 0.228 e. The van der Waals surface area contributed by atoms with Gasteiger partial charge in [0.1, 0.15) is 17.9 Å². The van der Waals surface area contributed by atoms with Crippen LogP contribution in [0.25, 0.3) is 0 Å². The average molecular weight is 518 g/mol. The molecule has 1 spiro atoms. The Morgan fingerprint density at radius 3 is 2.56 bits per heavy atom. The molecule has 2 heterocycles. The van der Waals surface area contributed by atoms with Gasteiger partial charge < -0.3 is 29.1 Å². The zero-order valence-corrected chi connectivity index (χ0v) is 23.3. The van der Waals surface area contributed by atoms with E-state index >= 15 is 0 Å². The molecule has 0 aromatic rings. The van der Waals surface area contributed by atoms with Gasteiger partial charge in [-0.2, -0.15) is 0 Å². The Balaban J connectivity index is 1.50. The second kappa shape index (κ2) is 7.61. The van der Waals surface area contributed by atoms with E-state index in [1.54, 1.807) is 7.11 Å². The zero-order chi connectivity index (χ0) is 26.0. The highest BCUT2D eigenvalue weighted by molar-refractivity contribution is 6.69. The Morgan fingerprint density at radius 2 is 1.92 bits per heavy atom. The van der Waals surface area contributed by atoms with E-state index < -0.39 is 43.2 Å². The molecule has 2 saturated heterocycles. The molecule has 8 nitrogen and oxygen atoms in total. The van der Waals surface area contributed by atoms with Gasteiger partial charge in [-0.05, 0) is 56.5 Å². The lowest BCUT2D eigenvalue weighted by Gasteiger charge is -2.60. The third kappa shape index (κ3) is 2.87. The molecule has 4 aliphatic carbocycles. The van der Waals surface area contributed by atoms with Crippen LogP contribution in [0.15, 0.2) is 22.8 Å². The SMILES string of the molecule is COC1C2=CC3=C(CCC24OC2NC(=O)C(C1O[Si](C)(C)C)[C@H]24)C1CCC(O)(OC)[C@@]1(C)C(C)C3=O. The van der Waals surface area contributed by atoms with E-state index in [4.69, 9.17) is 18.6 Å². The Kier molecular flexibility index (Phi) is 5.27. The predicted molar refractivity (Wildman–Crippen MR) is 133 cm³/mol. The first-order valence-electron chi connectivity index (χ1n) is 13.3. The summed E-state index contributed by atoms with van der Waals surface area (Å²) in [7, 11) is 1.16. The number of ether oxygens (including phenoxy) is 3. The molecule has 10 atom stereocenters. The van der Waals surface area contributed by atoms with Gasteiger partial charge in [-0.15, -0.1) is 0 Å². The maximum absolute atomic E-state index is 14.0. The van der Waals surface area contributed by atoms with Crippen LogP contribution in [0, 0.1) is 29.1 Å². The predicted octanol–water partition coefficient (Wildman–Crippen LogP) is 2.68. The number of nitrogens with one attached hydrogen (secondary N) is 1. The van der Waals surface area contributed by atoms with Crippen LogP contribution in [0.5, 0.6) is 0 Å². The number of methoxy groups -OCH3 is 2. The second-order valence-electron chi connectivity index (χ2n) is 12.8. The summed E-state index contributed by atoms with van der Waals surface area (Å²) in [5.74, 6) is -2.12. The molecule has 9 heteroatoms. The number of Topliss-reactive ketones (excluding diaryl/α,β-unsaturated/α-hetero) is 1. The number of hydrogen-bond donors (Lipinski definition) is 2. The number of ketones is 1. The molecule has 6 rings (SSSR count). The molecule has 2 saturated carbocycles. The van der Waals surface area contributed by atoms with Crippen LogP contribution < -0.4 is 5.32 Å². The Labute approximate surface area is 213 Å². The van der Waals surface area contributed by atoms with E-state index in [-0.39, 0.29) is 35.7 Å². The minimum atomic E-state index is -2.03. The standard InChI is InChI=1S/C27H39NO7Si/c1-13-20(29)15-12-17-21(32-3)22(35-36(5,6)7)18-19-24(28-23(18)30)34-26(17,19)10-8-14(15)16-9-11-27(31,33-4)25(13,16)2/h12-13,16,18-19,21-22,24,31H,8-11H2,1-7H3,(H,28,30)/t13?,16?,18?,19-,21?,22?,24?,25+,26?,27?/m1/s1. The molecule has 2 aliphatic heterocycles. The van der Waals surface area contributed by atoms with Gasteiger partial charge in [-0.3, -0.25) is 9.59 Å². The Morgan fingerprint density at radius 1 is 1.19 bits per heavy atom. The van der Waals surface area contributed by atoms with E-state index in [2.05, 4.69) is 25.0 Å². The van der Waals surface area contributed by atoms with Crippen molar-refractivity contribution in [2.24, 2.45) is 29.1 Å². The van der Waals surface area contributed by atoms with Crippen LogP contribution in [-0.4, -0.2) is 69.2 Å². The lowest BCUT2D eigenvalue weighted by molar-refractivity contribution is -0.276. The van der Waals surface area contributed by atoms with Gasteiger partial charge in [-0.25, -0.2) is 0 Å². The molecule has 4 fully saturated rings. The minimum Gasteiger partial charge on any atom is -0.411 e. The number of rotatable bonds is 4. The fourth-order valence-electron chi connectivity index (χ4n) is 8.63. The van der Waals surface area contributed by atoms with Gasteiger partial charge in [-0.1, -0.05) is 19.4 Å².